The minimum absolute atomic E-state index is 0.0707. The minimum Gasteiger partial charge on any atom is -0.342 e. The molecule has 2 rings (SSSR count). The number of amides is 1. The molecule has 2 aromatic rings. The van der Waals surface area contributed by atoms with Crippen LogP contribution in [-0.2, 0) is 7.05 Å². The molecule has 0 aliphatic heterocycles. The molecule has 19 heavy (non-hydrogen) atoms. The number of carbonyl (C=O) groups is 1. The molecule has 0 saturated carbocycles. The molecule has 1 atom stereocenters. The predicted octanol–water partition coefficient (Wildman–Crippen LogP) is 2.49. The molecule has 1 N–H and O–H groups in total. The Labute approximate surface area is 116 Å². The van der Waals surface area contributed by atoms with Crippen LogP contribution < -0.4 is 5.32 Å². The highest BCUT2D eigenvalue weighted by molar-refractivity contribution is 7.10. The molecule has 0 spiro atoms. The number of thiophene rings is 1. The molecule has 0 saturated heterocycles. The summed E-state index contributed by atoms with van der Waals surface area (Å²) in [5.41, 5.74) is 0.711. The van der Waals surface area contributed by atoms with Crippen LogP contribution >= 0.6 is 11.3 Å². The number of nitrogens with zero attached hydrogens (tertiary/aromatic N) is 3. The quantitative estimate of drug-likeness (QED) is 0.934. The van der Waals surface area contributed by atoms with E-state index in [4.69, 9.17) is 0 Å². The second-order valence-electron chi connectivity index (χ2n) is 4.89. The summed E-state index contributed by atoms with van der Waals surface area (Å²) in [6.45, 7) is 6.14. The van der Waals surface area contributed by atoms with E-state index in [-0.39, 0.29) is 11.9 Å². The van der Waals surface area contributed by atoms with Gasteiger partial charge >= 0.3 is 0 Å². The molecule has 2 aromatic heterocycles. The largest absolute Gasteiger partial charge is 0.342 e. The number of nitrogens with one attached hydrogen (secondary N) is 1. The lowest BCUT2D eigenvalue weighted by Gasteiger charge is -2.12. The van der Waals surface area contributed by atoms with Gasteiger partial charge in [0.1, 0.15) is 6.33 Å². The Morgan fingerprint density at radius 3 is 2.68 bits per heavy atom. The van der Waals surface area contributed by atoms with E-state index in [0.717, 1.165) is 5.82 Å². The summed E-state index contributed by atoms with van der Waals surface area (Å²) in [4.78, 5) is 13.4. The lowest BCUT2D eigenvalue weighted by molar-refractivity contribution is 0.0938. The second-order valence-corrected chi connectivity index (χ2v) is 5.83. The van der Waals surface area contributed by atoms with Gasteiger partial charge in [-0.2, -0.15) is 0 Å². The molecule has 0 aliphatic rings. The second kappa shape index (κ2) is 5.52. The molecule has 0 aromatic carbocycles. The molecule has 5 nitrogen and oxygen atoms in total. The van der Waals surface area contributed by atoms with Crippen molar-refractivity contribution in [3.8, 4) is 0 Å². The molecule has 0 radical (unpaired) electrons. The van der Waals surface area contributed by atoms with Gasteiger partial charge in [-0.3, -0.25) is 4.79 Å². The molecule has 1 unspecified atom stereocenters. The maximum absolute atomic E-state index is 12.1. The summed E-state index contributed by atoms with van der Waals surface area (Å²) in [6.07, 6.45) is 1.62. The zero-order chi connectivity index (χ0) is 14.0. The highest BCUT2D eigenvalue weighted by Crippen LogP contribution is 2.23. The Hall–Kier alpha value is -1.69. The van der Waals surface area contributed by atoms with E-state index in [2.05, 4.69) is 29.4 Å². The number of rotatable bonds is 4. The summed E-state index contributed by atoms with van der Waals surface area (Å²) >= 11 is 1.62. The fourth-order valence-corrected chi connectivity index (χ4v) is 2.71. The van der Waals surface area contributed by atoms with E-state index in [1.165, 1.54) is 4.88 Å². The molecule has 0 fully saturated rings. The van der Waals surface area contributed by atoms with E-state index >= 15 is 0 Å². The first-order valence-electron chi connectivity index (χ1n) is 6.22. The molecule has 102 valence electrons. The molecule has 2 heterocycles. The van der Waals surface area contributed by atoms with Gasteiger partial charge in [0, 0.05) is 17.3 Å². The fourth-order valence-electron chi connectivity index (χ4n) is 1.80. The monoisotopic (exact) mass is 278 g/mol. The third-order valence-corrected chi connectivity index (χ3v) is 4.17. The van der Waals surface area contributed by atoms with E-state index in [1.807, 2.05) is 25.4 Å². The van der Waals surface area contributed by atoms with Gasteiger partial charge in [-0.05, 0) is 18.9 Å². The average Bonchev–Trinajstić information content (AvgIpc) is 2.96. The van der Waals surface area contributed by atoms with Crippen LogP contribution in [-0.4, -0.2) is 20.7 Å². The number of hydrogen-bond donors (Lipinski definition) is 1. The van der Waals surface area contributed by atoms with Crippen molar-refractivity contribution in [1.82, 2.24) is 20.1 Å². The van der Waals surface area contributed by atoms with Crippen LogP contribution in [0.3, 0.4) is 0 Å². The van der Waals surface area contributed by atoms with Gasteiger partial charge in [0.05, 0.1) is 11.6 Å². The number of aromatic nitrogens is 3. The summed E-state index contributed by atoms with van der Waals surface area (Å²) in [5, 5.41) is 12.6. The van der Waals surface area contributed by atoms with Gasteiger partial charge in [0.2, 0.25) is 0 Å². The normalized spacial score (nSPS) is 12.7. The van der Waals surface area contributed by atoms with Crippen molar-refractivity contribution < 1.29 is 4.79 Å². The molecular formula is C13H18N4OS. The third kappa shape index (κ3) is 3.01. The highest BCUT2D eigenvalue weighted by Gasteiger charge is 2.16. The first-order chi connectivity index (χ1) is 8.99. The van der Waals surface area contributed by atoms with Crippen molar-refractivity contribution in [2.75, 3.05) is 0 Å². The van der Waals surface area contributed by atoms with E-state index in [1.54, 1.807) is 22.2 Å². The van der Waals surface area contributed by atoms with Gasteiger partial charge in [0.25, 0.3) is 5.91 Å². The first-order valence-corrected chi connectivity index (χ1v) is 7.10. The Kier molecular flexibility index (Phi) is 3.99. The lowest BCUT2D eigenvalue weighted by atomic mass is 10.1. The topological polar surface area (TPSA) is 59.8 Å². The predicted molar refractivity (Wildman–Crippen MR) is 75.3 cm³/mol. The van der Waals surface area contributed by atoms with Gasteiger partial charge in [0.15, 0.2) is 5.82 Å². The molecule has 1 amide bonds. The number of carbonyl (C=O) groups excluding carboxylic acids is 1. The van der Waals surface area contributed by atoms with Gasteiger partial charge < -0.3 is 9.88 Å². The minimum atomic E-state index is -0.164. The van der Waals surface area contributed by atoms with Crippen molar-refractivity contribution in [2.24, 2.45) is 7.05 Å². The average molecular weight is 278 g/mol. The van der Waals surface area contributed by atoms with Gasteiger partial charge in [-0.25, -0.2) is 0 Å². The van der Waals surface area contributed by atoms with E-state index in [0.29, 0.717) is 11.5 Å². The van der Waals surface area contributed by atoms with Gasteiger partial charge in [-0.15, -0.1) is 21.5 Å². The Balaban J connectivity index is 2.06. The van der Waals surface area contributed by atoms with Crippen LogP contribution in [0.4, 0.5) is 0 Å². The molecule has 6 heteroatoms. The summed E-state index contributed by atoms with van der Waals surface area (Å²) in [5.74, 6) is 1.12. The van der Waals surface area contributed by atoms with Crippen molar-refractivity contribution in [3.63, 3.8) is 0 Å². The standard InChI is InChI=1S/C13H18N4OS/c1-8(2)11-5-10(6-19-11)13(18)15-9(3)12-16-14-7-17(12)4/h5-9H,1-4H3,(H,15,18). The Morgan fingerprint density at radius 1 is 1.42 bits per heavy atom. The maximum atomic E-state index is 12.1. The Bertz CT molecular complexity index is 573. The van der Waals surface area contributed by atoms with Crippen molar-refractivity contribution >= 4 is 17.2 Å². The fraction of sp³-hybridized carbons (Fsp3) is 0.462. The first kappa shape index (κ1) is 13.7. The van der Waals surface area contributed by atoms with Crippen LogP contribution in [0.25, 0.3) is 0 Å². The zero-order valence-electron chi connectivity index (χ0n) is 11.5. The van der Waals surface area contributed by atoms with Crippen molar-refractivity contribution in [3.05, 3.63) is 34.0 Å². The van der Waals surface area contributed by atoms with E-state index in [9.17, 15) is 4.79 Å². The smallest absolute Gasteiger partial charge is 0.252 e. The third-order valence-electron chi connectivity index (χ3n) is 2.93. The van der Waals surface area contributed by atoms with Crippen molar-refractivity contribution in [1.29, 1.82) is 0 Å². The van der Waals surface area contributed by atoms with Crippen LogP contribution in [0.5, 0.6) is 0 Å². The summed E-state index contributed by atoms with van der Waals surface area (Å²) in [7, 11) is 1.86. The SMILES string of the molecule is CC(C)c1cc(C(=O)NC(C)c2nncn2C)cs1. The molecular weight excluding hydrogens is 260 g/mol. The Morgan fingerprint density at radius 2 is 2.16 bits per heavy atom. The molecule has 0 bridgehead atoms. The lowest BCUT2D eigenvalue weighted by Crippen LogP contribution is -2.28. The highest BCUT2D eigenvalue weighted by atomic mass is 32.1. The van der Waals surface area contributed by atoms with Crippen molar-refractivity contribution in [2.45, 2.75) is 32.7 Å². The van der Waals surface area contributed by atoms with E-state index < -0.39 is 0 Å². The summed E-state index contributed by atoms with van der Waals surface area (Å²) in [6, 6.07) is 1.79. The maximum Gasteiger partial charge on any atom is 0.252 e. The van der Waals surface area contributed by atoms with Crippen LogP contribution in [0, 0.1) is 0 Å². The summed E-state index contributed by atoms with van der Waals surface area (Å²) < 4.78 is 1.80. The van der Waals surface area contributed by atoms with Gasteiger partial charge in [-0.1, -0.05) is 13.8 Å². The van der Waals surface area contributed by atoms with Crippen LogP contribution in [0.15, 0.2) is 17.8 Å². The zero-order valence-corrected chi connectivity index (χ0v) is 12.4. The number of aryl methyl sites for hydroxylation is 1. The van der Waals surface area contributed by atoms with Crippen LogP contribution in [0.2, 0.25) is 0 Å². The number of hydrogen-bond acceptors (Lipinski definition) is 4. The van der Waals surface area contributed by atoms with Crippen LogP contribution in [0.1, 0.15) is 53.8 Å². The molecule has 0 aliphatic carbocycles.